The van der Waals surface area contributed by atoms with Gasteiger partial charge in [-0.05, 0) is 73.2 Å². The number of alkyl halides is 3. The van der Waals surface area contributed by atoms with Gasteiger partial charge in [-0.2, -0.15) is 13.2 Å². The summed E-state index contributed by atoms with van der Waals surface area (Å²) >= 11 is 0. The minimum atomic E-state index is -5.19. The van der Waals surface area contributed by atoms with Crippen molar-refractivity contribution in [3.63, 3.8) is 0 Å². The van der Waals surface area contributed by atoms with E-state index in [0.717, 1.165) is 17.7 Å². The van der Waals surface area contributed by atoms with Crippen molar-refractivity contribution < 1.29 is 56.9 Å². The number of aromatic hydroxyl groups is 2. The van der Waals surface area contributed by atoms with Crippen LogP contribution in [0.5, 0.6) is 11.5 Å². The van der Waals surface area contributed by atoms with Gasteiger partial charge in [0.25, 0.3) is 0 Å². The molecule has 258 valence electrons. The van der Waals surface area contributed by atoms with Gasteiger partial charge in [-0.25, -0.2) is 9.59 Å². The van der Waals surface area contributed by atoms with Crippen LogP contribution in [-0.2, 0) is 27.3 Å². The number of phenolic OH excluding ortho intramolecular Hbond substituents is 2. The summed E-state index contributed by atoms with van der Waals surface area (Å²) in [6, 6.07) is 18.2. The van der Waals surface area contributed by atoms with Crippen molar-refractivity contribution in [2.24, 2.45) is 5.73 Å². The summed E-state index contributed by atoms with van der Waals surface area (Å²) < 4.78 is 37.2. The molecule has 0 spiro atoms. The molecule has 4 rings (SSSR count). The molecule has 48 heavy (non-hydrogen) atoms. The van der Waals surface area contributed by atoms with Crippen LogP contribution >= 0.6 is 0 Å². The molecule has 12 nitrogen and oxygen atoms in total. The van der Waals surface area contributed by atoms with Crippen molar-refractivity contribution in [2.75, 3.05) is 32.1 Å². The topological polar surface area (TPSA) is 182 Å². The number of likely N-dealkylation sites (N-methyl/N-ethyl adjacent to an activating group) is 1. The lowest BCUT2D eigenvalue weighted by Crippen LogP contribution is -2.56. The Morgan fingerprint density at radius 3 is 1.98 bits per heavy atom. The zero-order chi connectivity index (χ0) is 35.6. The molecule has 0 saturated carbocycles. The van der Waals surface area contributed by atoms with E-state index < -0.39 is 36.1 Å². The third-order valence-electron chi connectivity index (χ3n) is 7.69. The summed E-state index contributed by atoms with van der Waals surface area (Å²) in [5.41, 5.74) is 8.54. The van der Waals surface area contributed by atoms with Gasteiger partial charge in [0, 0.05) is 24.1 Å². The van der Waals surface area contributed by atoms with E-state index in [4.69, 9.17) is 20.4 Å². The van der Waals surface area contributed by atoms with Crippen molar-refractivity contribution in [3.05, 3.63) is 89.5 Å². The lowest BCUT2D eigenvalue weighted by Gasteiger charge is -2.36. The second kappa shape index (κ2) is 16.0. The number of nitrogens with one attached hydrogen (secondary N) is 1. The molecule has 0 bridgehead atoms. The Labute approximate surface area is 274 Å². The normalized spacial score (nSPS) is 17.7. The molecule has 1 fully saturated rings. The van der Waals surface area contributed by atoms with Gasteiger partial charge < -0.3 is 45.3 Å². The summed E-state index contributed by atoms with van der Waals surface area (Å²) in [7, 11) is 2.11. The Kier molecular flexibility index (Phi) is 12.4. The van der Waals surface area contributed by atoms with Gasteiger partial charge in [0.05, 0.1) is 38.3 Å². The number of amides is 3. The number of benzene rings is 3. The van der Waals surface area contributed by atoms with Crippen LogP contribution in [0.4, 0.5) is 23.7 Å². The third kappa shape index (κ3) is 10.6. The maximum atomic E-state index is 13.9. The molecule has 3 amide bonds. The van der Waals surface area contributed by atoms with Crippen LogP contribution in [0.25, 0.3) is 0 Å². The van der Waals surface area contributed by atoms with Crippen LogP contribution in [0.3, 0.4) is 0 Å². The number of nitrogens with two attached hydrogens (primary N) is 1. The monoisotopic (exact) mass is 674 g/mol. The maximum Gasteiger partial charge on any atom is 0.430 e. The summed E-state index contributed by atoms with van der Waals surface area (Å²) in [6.45, 7) is 4.05. The molecular weight excluding hydrogens is 637 g/mol. The Balaban J connectivity index is 0.000000804. The van der Waals surface area contributed by atoms with E-state index in [1.54, 1.807) is 60.4 Å². The molecule has 2 unspecified atom stereocenters. The van der Waals surface area contributed by atoms with Crippen molar-refractivity contribution in [1.82, 2.24) is 4.90 Å². The number of rotatable bonds is 10. The predicted octanol–water partition coefficient (Wildman–Crippen LogP) is 2.92. The number of carboxylic acid groups (broad SMARTS) is 1. The lowest BCUT2D eigenvalue weighted by molar-refractivity contribution is -0.911. The van der Waals surface area contributed by atoms with E-state index in [1.807, 2.05) is 12.1 Å². The number of urea groups is 1. The predicted molar refractivity (Wildman–Crippen MR) is 165 cm³/mol. The number of hydrogen-bond donors (Lipinski definition) is 4. The number of halogens is 3. The number of likely N-dealkylation sites (tertiary alicyclic amines) is 1. The number of esters is 1. The van der Waals surface area contributed by atoms with Gasteiger partial charge >= 0.3 is 18.2 Å². The number of primary amides is 1. The number of quaternary nitrogens is 1. The molecule has 15 heteroatoms. The van der Waals surface area contributed by atoms with Crippen LogP contribution in [-0.4, -0.2) is 88.5 Å². The number of nitrogens with zero attached hydrogens (tertiary/aromatic N) is 2. The Morgan fingerprint density at radius 2 is 1.50 bits per heavy atom. The van der Waals surface area contributed by atoms with Crippen LogP contribution < -0.4 is 16.2 Å². The first-order chi connectivity index (χ1) is 22.5. The molecule has 1 aliphatic rings. The van der Waals surface area contributed by atoms with Gasteiger partial charge in [-0.1, -0.05) is 12.1 Å². The molecule has 3 aromatic carbocycles. The number of carbonyl (C=O) groups excluding carboxylic acids is 4. The van der Waals surface area contributed by atoms with Gasteiger partial charge in [0.1, 0.15) is 30.1 Å². The van der Waals surface area contributed by atoms with Gasteiger partial charge in [-0.15, -0.1) is 0 Å². The fraction of sp³-hybridized carbons (Fsp3) is 0.333. The molecule has 1 aliphatic heterocycles. The zero-order valence-electron chi connectivity index (χ0n) is 26.3. The second-order valence-corrected chi connectivity index (χ2v) is 11.5. The molecule has 0 radical (unpaired) electrons. The molecule has 0 aliphatic carbocycles. The molecule has 1 saturated heterocycles. The molecule has 5 N–H and O–H groups in total. The highest BCUT2D eigenvalue weighted by atomic mass is 19.4. The number of ether oxygens (including phenoxy) is 1. The number of anilines is 1. The van der Waals surface area contributed by atoms with Crippen molar-refractivity contribution in [2.45, 2.75) is 44.6 Å². The summed E-state index contributed by atoms with van der Waals surface area (Å²) in [5, 5.41) is 31.0. The third-order valence-corrected chi connectivity index (χ3v) is 7.69. The maximum absolute atomic E-state index is 13.9. The SMILES string of the molecule is CCOC(=O)c1ccc(NC(=O)N(C2CC[N+](C)(Cc3ccc(O)cc3)C2)[C@@H](Cc2ccc(O)cc2)C(N)=O)cc1.O=C([O-])C(F)(F)F. The number of phenols is 2. The van der Waals surface area contributed by atoms with Crippen molar-refractivity contribution in [1.29, 1.82) is 0 Å². The molecule has 3 aromatic rings. The Bertz CT molecular complexity index is 1570. The molecule has 0 aromatic heterocycles. The van der Waals surface area contributed by atoms with Gasteiger partial charge in [-0.3, -0.25) is 4.79 Å². The second-order valence-electron chi connectivity index (χ2n) is 11.5. The van der Waals surface area contributed by atoms with E-state index in [2.05, 4.69) is 12.4 Å². The number of hydrogen-bond acceptors (Lipinski definition) is 8. The highest BCUT2D eigenvalue weighted by molar-refractivity contribution is 5.95. The minimum Gasteiger partial charge on any atom is -0.542 e. The average molecular weight is 675 g/mol. The first-order valence-corrected chi connectivity index (χ1v) is 14.8. The zero-order valence-corrected chi connectivity index (χ0v) is 26.3. The van der Waals surface area contributed by atoms with E-state index in [-0.39, 0.29) is 30.6 Å². The summed E-state index contributed by atoms with van der Waals surface area (Å²) in [4.78, 5) is 49.1. The summed E-state index contributed by atoms with van der Waals surface area (Å²) in [5.74, 6) is -3.79. The van der Waals surface area contributed by atoms with E-state index >= 15 is 0 Å². The van der Waals surface area contributed by atoms with E-state index in [0.29, 0.717) is 35.2 Å². The van der Waals surface area contributed by atoms with Crippen LogP contribution in [0.1, 0.15) is 34.8 Å². The quantitative estimate of drug-likeness (QED) is 0.187. The van der Waals surface area contributed by atoms with E-state index in [1.165, 1.54) is 12.1 Å². The van der Waals surface area contributed by atoms with Crippen LogP contribution in [0.2, 0.25) is 0 Å². The summed E-state index contributed by atoms with van der Waals surface area (Å²) in [6.07, 6.45) is -4.35. The lowest BCUT2D eigenvalue weighted by atomic mass is 10.0. The van der Waals surface area contributed by atoms with Crippen molar-refractivity contribution in [3.8, 4) is 11.5 Å². The number of carbonyl (C=O) groups is 4. The van der Waals surface area contributed by atoms with Crippen LogP contribution in [0, 0.1) is 0 Å². The Morgan fingerprint density at radius 1 is 0.979 bits per heavy atom. The largest absolute Gasteiger partial charge is 0.542 e. The fourth-order valence-electron chi connectivity index (χ4n) is 5.41. The van der Waals surface area contributed by atoms with Crippen molar-refractivity contribution >= 4 is 29.6 Å². The van der Waals surface area contributed by atoms with Gasteiger partial charge in [0.2, 0.25) is 5.91 Å². The molecule has 1 heterocycles. The molecule has 3 atom stereocenters. The first kappa shape index (κ1) is 37.2. The fourth-order valence-corrected chi connectivity index (χ4v) is 5.41. The number of aliphatic carboxylic acids is 1. The first-order valence-electron chi connectivity index (χ1n) is 14.8. The Hall–Kier alpha value is -5.31. The molecular formula is C33H37F3N4O8. The minimum absolute atomic E-state index is 0.100. The highest BCUT2D eigenvalue weighted by Crippen LogP contribution is 2.28. The average Bonchev–Trinajstić information content (AvgIpc) is 3.40. The smallest absolute Gasteiger partial charge is 0.430 e. The highest BCUT2D eigenvalue weighted by Gasteiger charge is 2.43. The number of carboxylic acids is 1. The van der Waals surface area contributed by atoms with Gasteiger partial charge in [0.15, 0.2) is 0 Å². The van der Waals surface area contributed by atoms with Crippen LogP contribution in [0.15, 0.2) is 72.8 Å². The standard InChI is InChI=1S/C31H36N4O6.C2HF3O2/c1-3-41-30(39)23-8-10-24(11-9-23)33-31(40)34(28(29(32)38)18-21-4-12-26(36)13-5-21)25-16-17-35(2,20-25)19-22-6-14-27(37)15-7-22;3-2(4,5)1(6)7/h4-15,25,28H,3,16-20H2,1-2H3,(H4-,32,33,36,37,38,39,40);(H,6,7)/t25?,28-,35?;/m0./s1. The van der Waals surface area contributed by atoms with E-state index in [9.17, 15) is 37.8 Å².